The highest BCUT2D eigenvalue weighted by Crippen LogP contribution is 2.60. The Morgan fingerprint density at radius 2 is 2.10 bits per heavy atom. The van der Waals surface area contributed by atoms with E-state index in [1.165, 1.54) is 12.0 Å². The second-order valence-electron chi connectivity index (χ2n) is 7.35. The van der Waals surface area contributed by atoms with Crippen molar-refractivity contribution in [1.29, 1.82) is 0 Å². The zero-order valence-electron chi connectivity index (χ0n) is 13.4. The van der Waals surface area contributed by atoms with Crippen LogP contribution in [0, 0.1) is 11.8 Å². The molecular formula is C17H28O3. The first-order chi connectivity index (χ1) is 9.43. The molecule has 6 atom stereocenters. The summed E-state index contributed by atoms with van der Waals surface area (Å²) in [6.07, 6.45) is 6.23. The topological polar surface area (TPSA) is 34.3 Å². The maximum absolute atomic E-state index is 6.15. The first kappa shape index (κ1) is 14.6. The number of epoxide rings is 2. The third kappa shape index (κ3) is 2.24. The normalized spacial score (nSPS) is 50.0. The van der Waals surface area contributed by atoms with E-state index in [0.29, 0.717) is 17.9 Å². The number of methoxy groups -OCH3 is 1. The minimum Gasteiger partial charge on any atom is -0.381 e. The summed E-state index contributed by atoms with van der Waals surface area (Å²) in [6.45, 7) is 9.73. The second kappa shape index (κ2) is 4.82. The van der Waals surface area contributed by atoms with Gasteiger partial charge in [0.15, 0.2) is 0 Å². The molecule has 1 aliphatic carbocycles. The summed E-state index contributed by atoms with van der Waals surface area (Å²) in [7, 11) is 1.84. The molecule has 0 bridgehead atoms. The Balaban J connectivity index is 1.78. The van der Waals surface area contributed by atoms with Crippen LogP contribution in [0.25, 0.3) is 0 Å². The largest absolute Gasteiger partial charge is 0.381 e. The van der Waals surface area contributed by atoms with Gasteiger partial charge in [0.1, 0.15) is 5.60 Å². The summed E-state index contributed by atoms with van der Waals surface area (Å²) in [5.74, 6) is 0.962. The maximum atomic E-state index is 6.15. The van der Waals surface area contributed by atoms with Crippen LogP contribution in [0.15, 0.2) is 11.6 Å². The molecule has 1 spiro atoms. The summed E-state index contributed by atoms with van der Waals surface area (Å²) >= 11 is 0. The minimum atomic E-state index is -0.0716. The molecule has 0 aromatic carbocycles. The molecule has 0 aromatic heterocycles. The van der Waals surface area contributed by atoms with E-state index < -0.39 is 0 Å². The van der Waals surface area contributed by atoms with Crippen molar-refractivity contribution in [2.24, 2.45) is 11.8 Å². The van der Waals surface area contributed by atoms with Crippen LogP contribution in [-0.4, -0.2) is 37.1 Å². The van der Waals surface area contributed by atoms with Gasteiger partial charge in [-0.25, -0.2) is 0 Å². The molecule has 2 saturated heterocycles. The first-order valence-electron chi connectivity index (χ1n) is 7.91. The Bertz CT molecular complexity index is 408. The van der Waals surface area contributed by atoms with Crippen molar-refractivity contribution in [3.8, 4) is 0 Å². The van der Waals surface area contributed by atoms with Crippen LogP contribution in [0.4, 0.5) is 0 Å². The van der Waals surface area contributed by atoms with Gasteiger partial charge in [-0.15, -0.1) is 0 Å². The van der Waals surface area contributed by atoms with Gasteiger partial charge in [0.25, 0.3) is 0 Å². The molecule has 3 heteroatoms. The Morgan fingerprint density at radius 3 is 2.65 bits per heavy atom. The summed E-state index contributed by atoms with van der Waals surface area (Å²) < 4.78 is 17.9. The van der Waals surface area contributed by atoms with E-state index in [-0.39, 0.29) is 17.3 Å². The third-order valence-electron chi connectivity index (χ3n) is 5.60. The Kier molecular flexibility index (Phi) is 3.51. The van der Waals surface area contributed by atoms with Gasteiger partial charge in [-0.2, -0.15) is 0 Å². The highest BCUT2D eigenvalue weighted by Gasteiger charge is 2.71. The smallest absolute Gasteiger partial charge is 0.100 e. The van der Waals surface area contributed by atoms with Crippen LogP contribution < -0.4 is 0 Å². The summed E-state index contributed by atoms with van der Waals surface area (Å²) in [4.78, 5) is 0. The van der Waals surface area contributed by atoms with Gasteiger partial charge in [0.05, 0.1) is 24.4 Å². The fourth-order valence-corrected chi connectivity index (χ4v) is 4.22. The SMILES string of the molecule is CO[C@@H]1[C@H](C)CC[C@]2(CO2)[C@H]1[C@@]1(C)O[C@@H]1CC=C(C)C. The van der Waals surface area contributed by atoms with E-state index in [0.717, 1.165) is 19.4 Å². The first-order valence-corrected chi connectivity index (χ1v) is 7.91. The number of allylic oxidation sites excluding steroid dienone is 1. The lowest BCUT2D eigenvalue weighted by molar-refractivity contribution is -0.0776. The predicted molar refractivity (Wildman–Crippen MR) is 78.7 cm³/mol. The van der Waals surface area contributed by atoms with Gasteiger partial charge < -0.3 is 14.2 Å². The number of hydrogen-bond acceptors (Lipinski definition) is 3. The molecule has 0 unspecified atom stereocenters. The molecule has 0 aromatic rings. The Labute approximate surface area is 122 Å². The van der Waals surface area contributed by atoms with Gasteiger partial charge in [-0.3, -0.25) is 0 Å². The molecule has 0 radical (unpaired) electrons. The monoisotopic (exact) mass is 280 g/mol. The molecule has 3 rings (SSSR count). The van der Waals surface area contributed by atoms with Gasteiger partial charge in [0, 0.05) is 13.0 Å². The Morgan fingerprint density at radius 1 is 1.40 bits per heavy atom. The summed E-state index contributed by atoms with van der Waals surface area (Å²) in [5, 5.41) is 0. The zero-order chi connectivity index (χ0) is 14.5. The van der Waals surface area contributed by atoms with Crippen molar-refractivity contribution in [2.75, 3.05) is 13.7 Å². The molecule has 3 nitrogen and oxygen atoms in total. The summed E-state index contributed by atoms with van der Waals surface area (Å²) in [5.41, 5.74) is 1.33. The van der Waals surface area contributed by atoms with Crippen LogP contribution in [0.1, 0.15) is 47.0 Å². The number of rotatable bonds is 4. The van der Waals surface area contributed by atoms with E-state index in [2.05, 4.69) is 33.8 Å². The van der Waals surface area contributed by atoms with Crippen LogP contribution >= 0.6 is 0 Å². The zero-order valence-corrected chi connectivity index (χ0v) is 13.4. The Hall–Kier alpha value is -0.380. The molecule has 0 N–H and O–H groups in total. The van der Waals surface area contributed by atoms with Gasteiger partial charge >= 0.3 is 0 Å². The molecular weight excluding hydrogens is 252 g/mol. The molecule has 2 heterocycles. The average molecular weight is 280 g/mol. The van der Waals surface area contributed by atoms with Crippen molar-refractivity contribution in [2.45, 2.75) is 70.4 Å². The van der Waals surface area contributed by atoms with Crippen molar-refractivity contribution in [3.63, 3.8) is 0 Å². The van der Waals surface area contributed by atoms with Gasteiger partial charge in [-0.1, -0.05) is 18.6 Å². The molecule has 114 valence electrons. The number of hydrogen-bond donors (Lipinski definition) is 0. The van der Waals surface area contributed by atoms with Crippen LogP contribution in [0.3, 0.4) is 0 Å². The molecule has 3 aliphatic rings. The van der Waals surface area contributed by atoms with Crippen molar-refractivity contribution in [3.05, 3.63) is 11.6 Å². The third-order valence-corrected chi connectivity index (χ3v) is 5.60. The lowest BCUT2D eigenvalue weighted by Gasteiger charge is -2.42. The van der Waals surface area contributed by atoms with Gasteiger partial charge in [0.2, 0.25) is 0 Å². The van der Waals surface area contributed by atoms with Crippen LogP contribution in [-0.2, 0) is 14.2 Å². The maximum Gasteiger partial charge on any atom is 0.100 e. The molecule has 20 heavy (non-hydrogen) atoms. The van der Waals surface area contributed by atoms with E-state index in [1.807, 2.05) is 7.11 Å². The quantitative estimate of drug-likeness (QED) is 0.585. The highest BCUT2D eigenvalue weighted by atomic mass is 16.6. The lowest BCUT2D eigenvalue weighted by Crippen LogP contribution is -2.51. The van der Waals surface area contributed by atoms with Gasteiger partial charge in [-0.05, 0) is 46.0 Å². The summed E-state index contributed by atoms with van der Waals surface area (Å²) in [6, 6.07) is 0. The highest BCUT2D eigenvalue weighted by molar-refractivity contribution is 5.20. The minimum absolute atomic E-state index is 0.0433. The van der Waals surface area contributed by atoms with Crippen LogP contribution in [0.5, 0.6) is 0 Å². The van der Waals surface area contributed by atoms with E-state index in [4.69, 9.17) is 14.2 Å². The second-order valence-corrected chi connectivity index (χ2v) is 7.35. The van der Waals surface area contributed by atoms with E-state index in [1.54, 1.807) is 0 Å². The molecule has 0 amide bonds. The molecule has 2 aliphatic heterocycles. The van der Waals surface area contributed by atoms with Crippen LogP contribution in [0.2, 0.25) is 0 Å². The molecule has 1 saturated carbocycles. The van der Waals surface area contributed by atoms with E-state index in [9.17, 15) is 0 Å². The number of ether oxygens (including phenoxy) is 3. The van der Waals surface area contributed by atoms with Crippen molar-refractivity contribution < 1.29 is 14.2 Å². The van der Waals surface area contributed by atoms with E-state index >= 15 is 0 Å². The standard InChI is InChI=1S/C17H28O3/c1-11(2)6-7-13-16(4,20-13)15-14(18-5)12(3)8-9-17(15)10-19-17/h6,12-15H,7-10H2,1-5H3/t12-,13-,14-,15-,16+,17+/m1/s1. The average Bonchev–Trinajstić information content (AvgIpc) is 3.29. The van der Waals surface area contributed by atoms with Crippen molar-refractivity contribution in [1.82, 2.24) is 0 Å². The predicted octanol–water partition coefficient (Wildman–Crippen LogP) is 3.33. The molecule has 3 fully saturated rings. The van der Waals surface area contributed by atoms with Crippen molar-refractivity contribution >= 4 is 0 Å². The fourth-order valence-electron chi connectivity index (χ4n) is 4.22. The fraction of sp³-hybridized carbons (Fsp3) is 0.882. The lowest BCUT2D eigenvalue weighted by atomic mass is 9.66.